The minimum Gasteiger partial charge on any atom is -0.455 e. The number of benzene rings is 2. The van der Waals surface area contributed by atoms with E-state index >= 15 is 0 Å². The van der Waals surface area contributed by atoms with Crippen LogP contribution in [0.4, 0.5) is 0 Å². The molecule has 21 heavy (non-hydrogen) atoms. The Morgan fingerprint density at radius 1 is 0.905 bits per heavy atom. The Morgan fingerprint density at radius 2 is 1.76 bits per heavy atom. The van der Waals surface area contributed by atoms with Crippen molar-refractivity contribution in [1.82, 2.24) is 4.98 Å². The summed E-state index contributed by atoms with van der Waals surface area (Å²) in [5.41, 5.74) is 5.06. The molecule has 0 radical (unpaired) electrons. The summed E-state index contributed by atoms with van der Waals surface area (Å²) in [5.74, 6) is 0. The van der Waals surface area contributed by atoms with Crippen LogP contribution in [0.15, 0.2) is 65.2 Å². The van der Waals surface area contributed by atoms with Crippen LogP contribution in [-0.2, 0) is 4.43 Å². The smallest absolute Gasteiger partial charge is 0.144 e. The molecule has 0 amide bonds. The number of nitrogens with zero attached hydrogens (tertiary/aromatic N) is 1. The fourth-order valence-electron chi connectivity index (χ4n) is 2.61. The molecule has 0 aliphatic rings. The minimum absolute atomic E-state index is 0.911. The Kier molecular flexibility index (Phi) is 3.15. The first-order valence-corrected chi connectivity index (χ1v) is 8.31. The van der Waals surface area contributed by atoms with Crippen molar-refractivity contribution in [3.8, 4) is 11.3 Å². The molecule has 0 fully saturated rings. The third kappa shape index (κ3) is 2.12. The highest BCUT2D eigenvalue weighted by Gasteiger charge is 2.12. The molecule has 2 aromatic heterocycles. The van der Waals surface area contributed by atoms with Crippen LogP contribution in [0.1, 0.15) is 5.56 Å². The van der Waals surface area contributed by atoms with Crippen molar-refractivity contribution < 1.29 is 4.42 Å². The molecular formula is C18H12INO. The van der Waals surface area contributed by atoms with Crippen LogP contribution in [0.25, 0.3) is 33.2 Å². The van der Waals surface area contributed by atoms with E-state index in [4.69, 9.17) is 4.42 Å². The number of furan rings is 1. The molecule has 4 rings (SSSR count). The molecule has 4 aromatic rings. The van der Waals surface area contributed by atoms with Crippen LogP contribution in [0.5, 0.6) is 0 Å². The number of aromatic nitrogens is 1. The molecule has 0 saturated heterocycles. The Labute approximate surface area is 135 Å². The van der Waals surface area contributed by atoms with Crippen LogP contribution in [0.3, 0.4) is 0 Å². The van der Waals surface area contributed by atoms with Crippen LogP contribution >= 0.6 is 22.6 Å². The van der Waals surface area contributed by atoms with Crippen LogP contribution in [-0.4, -0.2) is 4.98 Å². The molecule has 0 N–H and O–H groups in total. The molecule has 0 spiro atoms. The standard InChI is InChI=1S/C18H12INO/c19-10-12-8-9-16(20-11-12)15-6-3-5-14-13-4-1-2-7-17(13)21-18(14)15/h1-9,11H,10H2. The molecule has 2 heterocycles. The van der Waals surface area contributed by atoms with Gasteiger partial charge in [-0.2, -0.15) is 0 Å². The Hall–Kier alpha value is -1.88. The second-order valence-corrected chi connectivity index (χ2v) is 5.73. The minimum atomic E-state index is 0.911. The van der Waals surface area contributed by atoms with Gasteiger partial charge in [0.05, 0.1) is 5.69 Å². The molecular weight excluding hydrogens is 373 g/mol. The van der Waals surface area contributed by atoms with E-state index in [-0.39, 0.29) is 0 Å². The lowest BCUT2D eigenvalue weighted by atomic mass is 10.1. The topological polar surface area (TPSA) is 26.0 Å². The van der Waals surface area contributed by atoms with Crippen molar-refractivity contribution in [1.29, 1.82) is 0 Å². The average Bonchev–Trinajstić information content (AvgIpc) is 2.94. The summed E-state index contributed by atoms with van der Waals surface area (Å²) in [4.78, 5) is 4.58. The van der Waals surface area contributed by atoms with E-state index in [1.54, 1.807) is 0 Å². The number of halogens is 1. The maximum absolute atomic E-state index is 6.05. The van der Waals surface area contributed by atoms with Crippen molar-refractivity contribution >= 4 is 44.5 Å². The number of fused-ring (bicyclic) bond motifs is 3. The number of alkyl halides is 1. The van der Waals surface area contributed by atoms with Crippen molar-refractivity contribution in [2.45, 2.75) is 4.43 Å². The highest BCUT2D eigenvalue weighted by atomic mass is 127. The summed E-state index contributed by atoms with van der Waals surface area (Å²) >= 11 is 2.34. The van der Waals surface area contributed by atoms with E-state index in [1.165, 1.54) is 5.56 Å². The number of rotatable bonds is 2. The summed E-state index contributed by atoms with van der Waals surface area (Å²) in [7, 11) is 0. The van der Waals surface area contributed by atoms with Gasteiger partial charge in [0, 0.05) is 27.0 Å². The number of para-hydroxylation sites is 2. The van der Waals surface area contributed by atoms with Crippen LogP contribution in [0, 0.1) is 0 Å². The first kappa shape index (κ1) is 12.8. The molecule has 0 atom stereocenters. The second kappa shape index (κ2) is 5.15. The second-order valence-electron chi connectivity index (χ2n) is 4.97. The van der Waals surface area contributed by atoms with E-state index in [2.05, 4.69) is 64.0 Å². The summed E-state index contributed by atoms with van der Waals surface area (Å²) in [6.07, 6.45) is 1.93. The molecule has 0 saturated carbocycles. The largest absolute Gasteiger partial charge is 0.455 e. The van der Waals surface area contributed by atoms with Crippen LogP contribution in [0.2, 0.25) is 0 Å². The maximum Gasteiger partial charge on any atom is 0.144 e. The predicted molar refractivity (Wildman–Crippen MR) is 94.7 cm³/mol. The Morgan fingerprint density at radius 3 is 2.57 bits per heavy atom. The molecule has 0 unspecified atom stereocenters. The lowest BCUT2D eigenvalue weighted by Gasteiger charge is -2.02. The first-order valence-electron chi connectivity index (χ1n) is 6.78. The van der Waals surface area contributed by atoms with Gasteiger partial charge in [-0.05, 0) is 23.8 Å². The van der Waals surface area contributed by atoms with Crippen LogP contribution < -0.4 is 0 Å². The number of pyridine rings is 1. The van der Waals surface area contributed by atoms with Gasteiger partial charge in [-0.3, -0.25) is 4.98 Å². The summed E-state index contributed by atoms with van der Waals surface area (Å²) < 4.78 is 7.03. The fraction of sp³-hybridized carbons (Fsp3) is 0.0556. The number of hydrogen-bond donors (Lipinski definition) is 0. The number of hydrogen-bond acceptors (Lipinski definition) is 2. The summed E-state index contributed by atoms with van der Waals surface area (Å²) in [5, 5.41) is 2.29. The van der Waals surface area contributed by atoms with Crippen molar-refractivity contribution in [2.24, 2.45) is 0 Å². The average molecular weight is 385 g/mol. The molecule has 3 heteroatoms. The quantitative estimate of drug-likeness (QED) is 0.333. The van der Waals surface area contributed by atoms with Gasteiger partial charge in [-0.15, -0.1) is 0 Å². The maximum atomic E-state index is 6.05. The monoisotopic (exact) mass is 385 g/mol. The Balaban J connectivity index is 1.99. The third-order valence-electron chi connectivity index (χ3n) is 3.66. The molecule has 0 bridgehead atoms. The van der Waals surface area contributed by atoms with Crippen molar-refractivity contribution in [3.05, 3.63) is 66.4 Å². The highest BCUT2D eigenvalue weighted by molar-refractivity contribution is 14.1. The van der Waals surface area contributed by atoms with Crippen molar-refractivity contribution in [2.75, 3.05) is 0 Å². The zero-order valence-corrected chi connectivity index (χ0v) is 13.4. The van der Waals surface area contributed by atoms with Gasteiger partial charge in [0.2, 0.25) is 0 Å². The van der Waals surface area contributed by atoms with Gasteiger partial charge < -0.3 is 4.42 Å². The molecule has 0 aliphatic heterocycles. The van der Waals surface area contributed by atoms with Gasteiger partial charge in [0.1, 0.15) is 11.2 Å². The van der Waals surface area contributed by atoms with E-state index in [0.29, 0.717) is 0 Å². The molecule has 0 aliphatic carbocycles. The van der Waals surface area contributed by atoms with E-state index < -0.39 is 0 Å². The zero-order valence-electron chi connectivity index (χ0n) is 11.2. The SMILES string of the molecule is ICc1ccc(-c2cccc3c2oc2ccccc23)nc1. The van der Waals surface area contributed by atoms with E-state index in [1.807, 2.05) is 24.4 Å². The lowest BCUT2D eigenvalue weighted by molar-refractivity contribution is 0.670. The van der Waals surface area contributed by atoms with E-state index in [9.17, 15) is 0 Å². The lowest BCUT2D eigenvalue weighted by Crippen LogP contribution is -1.86. The van der Waals surface area contributed by atoms with Crippen molar-refractivity contribution in [3.63, 3.8) is 0 Å². The van der Waals surface area contributed by atoms with Gasteiger partial charge >= 0.3 is 0 Å². The van der Waals surface area contributed by atoms with Gasteiger partial charge in [0.15, 0.2) is 0 Å². The predicted octanol–water partition coefficient (Wildman–Crippen LogP) is 5.58. The van der Waals surface area contributed by atoms with Gasteiger partial charge in [-0.25, -0.2) is 0 Å². The summed E-state index contributed by atoms with van der Waals surface area (Å²) in [6.45, 7) is 0. The summed E-state index contributed by atoms with van der Waals surface area (Å²) in [6, 6.07) is 18.6. The Bertz CT molecular complexity index is 925. The normalized spacial score (nSPS) is 11.3. The van der Waals surface area contributed by atoms with Gasteiger partial charge in [0.25, 0.3) is 0 Å². The third-order valence-corrected chi connectivity index (χ3v) is 4.54. The molecule has 2 aromatic carbocycles. The molecule has 2 nitrogen and oxygen atoms in total. The zero-order chi connectivity index (χ0) is 14.2. The fourth-order valence-corrected chi connectivity index (χ4v) is 3.06. The highest BCUT2D eigenvalue weighted by Crippen LogP contribution is 2.34. The van der Waals surface area contributed by atoms with E-state index in [0.717, 1.165) is 37.6 Å². The first-order chi connectivity index (χ1) is 10.4. The molecule has 102 valence electrons. The van der Waals surface area contributed by atoms with Gasteiger partial charge in [-0.1, -0.05) is 59.0 Å².